The molecule has 0 spiro atoms. The van der Waals surface area contributed by atoms with E-state index in [9.17, 15) is 13.6 Å². The van der Waals surface area contributed by atoms with E-state index in [1.165, 1.54) is 13.1 Å². The van der Waals surface area contributed by atoms with Gasteiger partial charge in [0.25, 0.3) is 5.91 Å². The van der Waals surface area contributed by atoms with E-state index >= 15 is 0 Å². The summed E-state index contributed by atoms with van der Waals surface area (Å²) in [5.74, 6) is -1.55. The van der Waals surface area contributed by atoms with E-state index in [1.807, 2.05) is 0 Å². The van der Waals surface area contributed by atoms with Crippen molar-refractivity contribution in [3.8, 4) is 0 Å². The topological polar surface area (TPSA) is 44.9 Å². The summed E-state index contributed by atoms with van der Waals surface area (Å²) in [4.78, 5) is 13.7. The lowest BCUT2D eigenvalue weighted by Gasteiger charge is -1.93. The molecule has 1 amide bonds. The Bertz CT molecular complexity index is 494. The van der Waals surface area contributed by atoms with Crippen molar-refractivity contribution in [2.45, 2.75) is 0 Å². The molecule has 0 unspecified atom stereocenters. The standard InChI is InChI=1S/C10H8F2N2O/c1-13-10(15)8-4-5-6(11)2-3-7(12)9(5)14-8/h2-4,14H,1H3,(H,13,15). The number of fused-ring (bicyclic) bond motifs is 1. The fraction of sp³-hybridized carbons (Fsp3) is 0.100. The van der Waals surface area contributed by atoms with Crippen molar-refractivity contribution < 1.29 is 13.6 Å². The number of aromatic amines is 1. The van der Waals surface area contributed by atoms with Crippen molar-refractivity contribution in [3.05, 3.63) is 35.5 Å². The minimum atomic E-state index is -0.582. The third-order valence-corrected chi connectivity index (χ3v) is 2.16. The molecule has 5 heteroatoms. The van der Waals surface area contributed by atoms with E-state index in [0.29, 0.717) is 0 Å². The van der Waals surface area contributed by atoms with Crippen LogP contribution in [0.4, 0.5) is 8.78 Å². The number of amides is 1. The quantitative estimate of drug-likeness (QED) is 0.740. The first-order valence-corrected chi connectivity index (χ1v) is 4.32. The molecule has 0 fully saturated rings. The normalized spacial score (nSPS) is 10.6. The number of nitrogens with one attached hydrogen (secondary N) is 2. The first-order valence-electron chi connectivity index (χ1n) is 4.32. The van der Waals surface area contributed by atoms with E-state index in [2.05, 4.69) is 10.3 Å². The minimum absolute atomic E-state index is 0.00796. The lowest BCUT2D eigenvalue weighted by atomic mass is 10.2. The highest BCUT2D eigenvalue weighted by Gasteiger charge is 2.13. The highest BCUT2D eigenvalue weighted by Crippen LogP contribution is 2.21. The minimum Gasteiger partial charge on any atom is -0.354 e. The molecule has 2 aromatic rings. The zero-order valence-electron chi connectivity index (χ0n) is 7.90. The summed E-state index contributed by atoms with van der Waals surface area (Å²) in [5, 5.41) is 2.44. The monoisotopic (exact) mass is 210 g/mol. The van der Waals surface area contributed by atoms with Crippen molar-refractivity contribution >= 4 is 16.8 Å². The first-order chi connectivity index (χ1) is 7.13. The summed E-state index contributed by atoms with van der Waals surface area (Å²) < 4.78 is 26.4. The van der Waals surface area contributed by atoms with Crippen molar-refractivity contribution in [3.63, 3.8) is 0 Å². The molecule has 0 aliphatic rings. The van der Waals surface area contributed by atoms with Gasteiger partial charge in [0.1, 0.15) is 17.3 Å². The van der Waals surface area contributed by atoms with Gasteiger partial charge in [-0.3, -0.25) is 4.79 Å². The molecule has 0 aliphatic carbocycles. The summed E-state index contributed by atoms with van der Waals surface area (Å²) in [6.45, 7) is 0. The molecule has 78 valence electrons. The Hall–Kier alpha value is -1.91. The van der Waals surface area contributed by atoms with Crippen molar-refractivity contribution in [1.29, 1.82) is 0 Å². The van der Waals surface area contributed by atoms with Gasteiger partial charge in [-0.15, -0.1) is 0 Å². The van der Waals surface area contributed by atoms with Gasteiger partial charge in [-0.2, -0.15) is 0 Å². The summed E-state index contributed by atoms with van der Waals surface area (Å²) in [6.07, 6.45) is 0. The average Bonchev–Trinajstić information content (AvgIpc) is 2.68. The Morgan fingerprint density at radius 3 is 2.60 bits per heavy atom. The van der Waals surface area contributed by atoms with Gasteiger partial charge in [0.05, 0.1) is 5.52 Å². The average molecular weight is 210 g/mol. The summed E-state index contributed by atoms with van der Waals surface area (Å²) in [7, 11) is 1.44. The third kappa shape index (κ3) is 1.45. The molecule has 0 saturated heterocycles. The van der Waals surface area contributed by atoms with Gasteiger partial charge < -0.3 is 10.3 Å². The van der Waals surface area contributed by atoms with Crippen molar-refractivity contribution in [1.82, 2.24) is 10.3 Å². The number of aromatic nitrogens is 1. The zero-order chi connectivity index (χ0) is 11.0. The molecule has 1 heterocycles. The van der Waals surface area contributed by atoms with Crippen LogP contribution >= 0.6 is 0 Å². The maximum atomic E-state index is 13.2. The first kappa shape index (κ1) is 9.64. The van der Waals surface area contributed by atoms with Crippen LogP contribution in [0.1, 0.15) is 10.5 Å². The predicted octanol–water partition coefficient (Wildman–Crippen LogP) is 1.81. The second kappa shape index (κ2) is 3.34. The molecule has 15 heavy (non-hydrogen) atoms. The highest BCUT2D eigenvalue weighted by molar-refractivity contribution is 5.98. The van der Waals surface area contributed by atoms with Crippen molar-refractivity contribution in [2.24, 2.45) is 0 Å². The van der Waals surface area contributed by atoms with Gasteiger partial charge in [0.2, 0.25) is 0 Å². The Balaban J connectivity index is 2.70. The second-order valence-electron chi connectivity index (χ2n) is 3.08. The molecule has 1 aromatic carbocycles. The third-order valence-electron chi connectivity index (χ3n) is 2.16. The fourth-order valence-electron chi connectivity index (χ4n) is 1.41. The smallest absolute Gasteiger partial charge is 0.267 e. The van der Waals surface area contributed by atoms with Crippen LogP contribution in [0.5, 0.6) is 0 Å². The second-order valence-corrected chi connectivity index (χ2v) is 3.08. The van der Waals surface area contributed by atoms with E-state index in [4.69, 9.17) is 0 Å². The lowest BCUT2D eigenvalue weighted by Crippen LogP contribution is -2.17. The van der Waals surface area contributed by atoms with Gasteiger partial charge in [0.15, 0.2) is 0 Å². The van der Waals surface area contributed by atoms with Gasteiger partial charge in [-0.1, -0.05) is 0 Å². The molecule has 3 nitrogen and oxygen atoms in total. The van der Waals surface area contributed by atoms with Crippen LogP contribution in [-0.2, 0) is 0 Å². The number of benzene rings is 1. The zero-order valence-corrected chi connectivity index (χ0v) is 7.90. The van der Waals surface area contributed by atoms with Gasteiger partial charge in [-0.25, -0.2) is 8.78 Å². The lowest BCUT2D eigenvalue weighted by molar-refractivity contribution is 0.0959. The molecule has 0 saturated carbocycles. The molecule has 2 N–H and O–H groups in total. The molecular weight excluding hydrogens is 202 g/mol. The molecular formula is C10H8F2N2O. The fourth-order valence-corrected chi connectivity index (χ4v) is 1.41. The largest absolute Gasteiger partial charge is 0.354 e. The van der Waals surface area contributed by atoms with Crippen LogP contribution in [0.2, 0.25) is 0 Å². The van der Waals surface area contributed by atoms with E-state index in [0.717, 1.165) is 12.1 Å². The van der Waals surface area contributed by atoms with Crippen LogP contribution in [0, 0.1) is 11.6 Å². The van der Waals surface area contributed by atoms with Crippen LogP contribution < -0.4 is 5.32 Å². The van der Waals surface area contributed by atoms with Crippen LogP contribution in [0.15, 0.2) is 18.2 Å². The molecule has 1 aromatic heterocycles. The Morgan fingerprint density at radius 1 is 1.33 bits per heavy atom. The molecule has 0 atom stereocenters. The summed E-state index contributed by atoms with van der Waals surface area (Å²) in [6, 6.07) is 3.33. The Labute approximate surface area is 84.1 Å². The number of rotatable bonds is 1. The van der Waals surface area contributed by atoms with E-state index in [1.54, 1.807) is 0 Å². The highest BCUT2D eigenvalue weighted by atomic mass is 19.1. The summed E-state index contributed by atoms with van der Waals surface area (Å²) >= 11 is 0. The van der Waals surface area contributed by atoms with Gasteiger partial charge in [-0.05, 0) is 18.2 Å². The Morgan fingerprint density at radius 2 is 2.00 bits per heavy atom. The maximum absolute atomic E-state index is 13.2. The Kier molecular flexibility index (Phi) is 2.15. The number of H-pyrrole nitrogens is 1. The van der Waals surface area contributed by atoms with Gasteiger partial charge in [0, 0.05) is 12.4 Å². The van der Waals surface area contributed by atoms with E-state index in [-0.39, 0.29) is 16.6 Å². The summed E-state index contributed by atoms with van der Waals surface area (Å²) in [5.41, 5.74) is 0.144. The number of halogens is 2. The number of hydrogen-bond acceptors (Lipinski definition) is 1. The predicted molar refractivity (Wildman–Crippen MR) is 51.6 cm³/mol. The molecule has 0 aliphatic heterocycles. The van der Waals surface area contributed by atoms with Crippen molar-refractivity contribution in [2.75, 3.05) is 7.05 Å². The van der Waals surface area contributed by atoms with Crippen LogP contribution in [0.25, 0.3) is 10.9 Å². The molecule has 2 rings (SSSR count). The molecule has 0 bridgehead atoms. The SMILES string of the molecule is CNC(=O)c1cc2c(F)ccc(F)c2[nH]1. The number of carbonyl (C=O) groups excluding carboxylic acids is 1. The van der Waals surface area contributed by atoms with E-state index < -0.39 is 17.5 Å². The van der Waals surface area contributed by atoms with Crippen LogP contribution in [-0.4, -0.2) is 17.9 Å². The maximum Gasteiger partial charge on any atom is 0.267 e. The molecule has 0 radical (unpaired) electrons. The number of carbonyl (C=O) groups is 1. The van der Waals surface area contributed by atoms with Crippen LogP contribution in [0.3, 0.4) is 0 Å². The number of hydrogen-bond donors (Lipinski definition) is 2. The van der Waals surface area contributed by atoms with Gasteiger partial charge >= 0.3 is 0 Å².